The van der Waals surface area contributed by atoms with Crippen LogP contribution in [0.1, 0.15) is 23.5 Å². The SMILES string of the molecule is COc1cccc(C(C)Nc2nnc(C)s2)c1. The molecule has 2 rings (SSSR count). The van der Waals surface area contributed by atoms with E-state index in [9.17, 15) is 0 Å². The molecule has 0 radical (unpaired) electrons. The van der Waals surface area contributed by atoms with Gasteiger partial charge < -0.3 is 10.1 Å². The summed E-state index contributed by atoms with van der Waals surface area (Å²) in [5.74, 6) is 0.865. The number of nitrogens with zero attached hydrogens (tertiary/aromatic N) is 2. The van der Waals surface area contributed by atoms with Crippen molar-refractivity contribution >= 4 is 16.5 Å². The Bertz CT molecular complexity index is 498. The second-order valence-electron chi connectivity index (χ2n) is 3.77. The molecule has 90 valence electrons. The maximum atomic E-state index is 5.21. The van der Waals surface area contributed by atoms with Gasteiger partial charge in [-0.05, 0) is 31.5 Å². The molecule has 0 bridgehead atoms. The first-order chi connectivity index (χ1) is 8.19. The van der Waals surface area contributed by atoms with Crippen molar-refractivity contribution < 1.29 is 4.74 Å². The van der Waals surface area contributed by atoms with Gasteiger partial charge in [0, 0.05) is 0 Å². The Morgan fingerprint density at radius 1 is 1.35 bits per heavy atom. The minimum absolute atomic E-state index is 0.178. The van der Waals surface area contributed by atoms with E-state index in [-0.39, 0.29) is 6.04 Å². The Hall–Kier alpha value is -1.62. The molecular weight excluding hydrogens is 234 g/mol. The first-order valence-electron chi connectivity index (χ1n) is 5.39. The van der Waals surface area contributed by atoms with E-state index in [1.54, 1.807) is 18.4 Å². The maximum absolute atomic E-state index is 5.21. The van der Waals surface area contributed by atoms with E-state index in [4.69, 9.17) is 4.74 Å². The Labute approximate surface area is 105 Å². The number of aromatic nitrogens is 2. The molecule has 0 saturated heterocycles. The average molecular weight is 249 g/mol. The van der Waals surface area contributed by atoms with Crippen molar-refractivity contribution in [2.45, 2.75) is 19.9 Å². The third kappa shape index (κ3) is 2.94. The molecule has 4 nitrogen and oxygen atoms in total. The van der Waals surface area contributed by atoms with Crippen molar-refractivity contribution in [3.8, 4) is 5.75 Å². The van der Waals surface area contributed by atoms with Crippen molar-refractivity contribution in [3.63, 3.8) is 0 Å². The van der Waals surface area contributed by atoms with Gasteiger partial charge in [0.15, 0.2) is 0 Å². The zero-order valence-electron chi connectivity index (χ0n) is 10.1. The van der Waals surface area contributed by atoms with Gasteiger partial charge in [-0.1, -0.05) is 23.5 Å². The van der Waals surface area contributed by atoms with Gasteiger partial charge in [-0.15, -0.1) is 10.2 Å². The van der Waals surface area contributed by atoms with E-state index < -0.39 is 0 Å². The van der Waals surface area contributed by atoms with E-state index in [0.717, 1.165) is 21.5 Å². The van der Waals surface area contributed by atoms with Gasteiger partial charge in [-0.2, -0.15) is 0 Å². The number of aryl methyl sites for hydroxylation is 1. The van der Waals surface area contributed by atoms with Crippen molar-refractivity contribution in [1.29, 1.82) is 0 Å². The fourth-order valence-corrected chi connectivity index (χ4v) is 2.21. The zero-order valence-corrected chi connectivity index (χ0v) is 10.9. The highest BCUT2D eigenvalue weighted by atomic mass is 32.1. The third-order valence-corrected chi connectivity index (χ3v) is 3.23. The molecule has 1 N–H and O–H groups in total. The Morgan fingerprint density at radius 3 is 2.82 bits per heavy atom. The topological polar surface area (TPSA) is 47.0 Å². The van der Waals surface area contributed by atoms with Gasteiger partial charge >= 0.3 is 0 Å². The number of rotatable bonds is 4. The number of methoxy groups -OCH3 is 1. The summed E-state index contributed by atoms with van der Waals surface area (Å²) in [4.78, 5) is 0. The summed E-state index contributed by atoms with van der Waals surface area (Å²) in [5, 5.41) is 13.2. The summed E-state index contributed by atoms with van der Waals surface area (Å²) in [6, 6.07) is 8.18. The minimum Gasteiger partial charge on any atom is -0.497 e. The third-order valence-electron chi connectivity index (χ3n) is 2.46. The van der Waals surface area contributed by atoms with Crippen molar-refractivity contribution in [3.05, 3.63) is 34.8 Å². The van der Waals surface area contributed by atoms with Crippen LogP contribution in [0.4, 0.5) is 5.13 Å². The normalized spacial score (nSPS) is 12.2. The van der Waals surface area contributed by atoms with E-state index in [2.05, 4.69) is 28.5 Å². The molecule has 2 aromatic rings. The first-order valence-corrected chi connectivity index (χ1v) is 6.21. The highest BCUT2D eigenvalue weighted by molar-refractivity contribution is 7.15. The minimum atomic E-state index is 0.178. The number of nitrogens with one attached hydrogen (secondary N) is 1. The molecule has 1 unspecified atom stereocenters. The highest BCUT2D eigenvalue weighted by Gasteiger charge is 2.08. The molecule has 0 aliphatic heterocycles. The summed E-state index contributed by atoms with van der Waals surface area (Å²) in [6.07, 6.45) is 0. The van der Waals surface area contributed by atoms with Crippen LogP contribution in [0.5, 0.6) is 5.75 Å². The summed E-state index contributed by atoms with van der Waals surface area (Å²) >= 11 is 1.56. The van der Waals surface area contributed by atoms with Crippen LogP contribution in [0.2, 0.25) is 0 Å². The molecule has 0 aliphatic carbocycles. The highest BCUT2D eigenvalue weighted by Crippen LogP contribution is 2.24. The average Bonchev–Trinajstić information content (AvgIpc) is 2.75. The van der Waals surface area contributed by atoms with Crippen LogP contribution in [-0.4, -0.2) is 17.3 Å². The second-order valence-corrected chi connectivity index (χ2v) is 4.95. The monoisotopic (exact) mass is 249 g/mol. The van der Waals surface area contributed by atoms with Crippen LogP contribution in [0.3, 0.4) is 0 Å². The smallest absolute Gasteiger partial charge is 0.206 e. The van der Waals surface area contributed by atoms with Crippen molar-refractivity contribution in [2.24, 2.45) is 0 Å². The summed E-state index contributed by atoms with van der Waals surface area (Å²) < 4.78 is 5.21. The van der Waals surface area contributed by atoms with Crippen LogP contribution in [0.15, 0.2) is 24.3 Å². The molecule has 5 heteroatoms. The molecule has 0 aliphatic rings. The Balaban J connectivity index is 2.11. The van der Waals surface area contributed by atoms with Crippen LogP contribution in [0.25, 0.3) is 0 Å². The Morgan fingerprint density at radius 2 is 2.18 bits per heavy atom. The molecule has 1 atom stereocenters. The van der Waals surface area contributed by atoms with Gasteiger partial charge in [0.25, 0.3) is 0 Å². The summed E-state index contributed by atoms with van der Waals surface area (Å²) in [7, 11) is 1.67. The fourth-order valence-electron chi connectivity index (χ4n) is 1.53. The van der Waals surface area contributed by atoms with Crippen LogP contribution >= 0.6 is 11.3 Å². The van der Waals surface area contributed by atoms with Crippen LogP contribution in [-0.2, 0) is 0 Å². The molecule has 0 saturated carbocycles. The first kappa shape index (κ1) is 11.9. The zero-order chi connectivity index (χ0) is 12.3. The van der Waals surface area contributed by atoms with Gasteiger partial charge in [0.2, 0.25) is 5.13 Å². The van der Waals surface area contributed by atoms with Crippen molar-refractivity contribution in [2.75, 3.05) is 12.4 Å². The van der Waals surface area contributed by atoms with E-state index in [1.807, 2.05) is 25.1 Å². The maximum Gasteiger partial charge on any atom is 0.206 e. The fraction of sp³-hybridized carbons (Fsp3) is 0.333. The standard InChI is InChI=1S/C12H15N3OS/c1-8(13-12-15-14-9(2)17-12)10-5-4-6-11(7-10)16-3/h4-8H,1-3H3,(H,13,15). The molecule has 1 heterocycles. The van der Waals surface area contributed by atoms with E-state index in [1.165, 1.54) is 0 Å². The molecule has 1 aromatic heterocycles. The molecule has 0 fully saturated rings. The molecule has 1 aromatic carbocycles. The predicted molar refractivity (Wildman–Crippen MR) is 69.7 cm³/mol. The number of hydrogen-bond acceptors (Lipinski definition) is 5. The number of benzene rings is 1. The van der Waals surface area contributed by atoms with Crippen LogP contribution < -0.4 is 10.1 Å². The lowest BCUT2D eigenvalue weighted by atomic mass is 10.1. The lowest BCUT2D eigenvalue weighted by Gasteiger charge is -2.13. The lowest BCUT2D eigenvalue weighted by Crippen LogP contribution is -2.06. The van der Waals surface area contributed by atoms with Gasteiger partial charge in [-0.25, -0.2) is 0 Å². The van der Waals surface area contributed by atoms with Gasteiger partial charge in [0.1, 0.15) is 10.8 Å². The molecular formula is C12H15N3OS. The predicted octanol–water partition coefficient (Wildman–Crippen LogP) is 3.03. The summed E-state index contributed by atoms with van der Waals surface area (Å²) in [5.41, 5.74) is 1.16. The molecule has 17 heavy (non-hydrogen) atoms. The summed E-state index contributed by atoms with van der Waals surface area (Å²) in [6.45, 7) is 4.03. The number of ether oxygens (including phenoxy) is 1. The van der Waals surface area contributed by atoms with E-state index in [0.29, 0.717) is 0 Å². The van der Waals surface area contributed by atoms with Gasteiger partial charge in [-0.3, -0.25) is 0 Å². The Kier molecular flexibility index (Phi) is 3.58. The van der Waals surface area contributed by atoms with Crippen LogP contribution in [0, 0.1) is 6.92 Å². The quantitative estimate of drug-likeness (QED) is 0.904. The van der Waals surface area contributed by atoms with E-state index >= 15 is 0 Å². The molecule has 0 amide bonds. The lowest BCUT2D eigenvalue weighted by molar-refractivity contribution is 0.414. The number of hydrogen-bond donors (Lipinski definition) is 1. The van der Waals surface area contributed by atoms with Crippen molar-refractivity contribution in [1.82, 2.24) is 10.2 Å². The largest absolute Gasteiger partial charge is 0.497 e. The number of anilines is 1. The molecule has 0 spiro atoms. The second kappa shape index (κ2) is 5.14. The van der Waals surface area contributed by atoms with Gasteiger partial charge in [0.05, 0.1) is 13.2 Å².